The molecule has 0 bridgehead atoms. The van der Waals surface area contributed by atoms with Gasteiger partial charge in [0.15, 0.2) is 0 Å². The molecule has 1 aliphatic heterocycles. The van der Waals surface area contributed by atoms with E-state index in [0.29, 0.717) is 23.6 Å². The highest BCUT2D eigenvalue weighted by atomic mass is 35.5. The summed E-state index contributed by atoms with van der Waals surface area (Å²) < 4.78 is 0. The van der Waals surface area contributed by atoms with Gasteiger partial charge in [-0.1, -0.05) is 35.9 Å². The number of carbonyl (C=O) groups is 2. The predicted octanol–water partition coefficient (Wildman–Crippen LogP) is 3.95. The van der Waals surface area contributed by atoms with Gasteiger partial charge in [0.05, 0.1) is 6.04 Å². The zero-order chi connectivity index (χ0) is 17.8. The lowest BCUT2D eigenvalue weighted by atomic mass is 10.1. The molecule has 0 radical (unpaired) electrons. The van der Waals surface area contributed by atoms with Crippen molar-refractivity contribution in [2.24, 2.45) is 0 Å². The lowest BCUT2D eigenvalue weighted by Crippen LogP contribution is -2.27. The minimum Gasteiger partial charge on any atom is -0.346 e. The van der Waals surface area contributed by atoms with E-state index in [1.165, 1.54) is 0 Å². The normalized spacial score (nSPS) is 15.3. The Morgan fingerprint density at radius 1 is 1.24 bits per heavy atom. The Morgan fingerprint density at radius 2 is 2.00 bits per heavy atom. The molecule has 3 rings (SSSR count). The summed E-state index contributed by atoms with van der Waals surface area (Å²) in [5.41, 5.74) is 2.57. The Morgan fingerprint density at radius 3 is 2.68 bits per heavy atom. The molecule has 130 valence electrons. The molecule has 2 amide bonds. The summed E-state index contributed by atoms with van der Waals surface area (Å²) in [5.74, 6) is 0.0586. The van der Waals surface area contributed by atoms with Crippen molar-refractivity contribution in [3.05, 3.63) is 70.2 Å². The molecular weight excluding hydrogens is 336 g/mol. The zero-order valence-electron chi connectivity index (χ0n) is 14.2. The average molecular weight is 357 g/mol. The molecule has 0 aliphatic carbocycles. The average Bonchev–Trinajstić information content (AvgIpc) is 3.00. The Labute approximate surface area is 152 Å². The summed E-state index contributed by atoms with van der Waals surface area (Å²) in [6.45, 7) is 3.30. The molecule has 1 saturated heterocycles. The first kappa shape index (κ1) is 17.5. The second kappa shape index (κ2) is 7.70. The number of halogens is 1. The molecule has 0 saturated carbocycles. The van der Waals surface area contributed by atoms with Gasteiger partial charge in [-0.2, -0.15) is 0 Å². The first-order valence-corrected chi connectivity index (χ1v) is 8.84. The summed E-state index contributed by atoms with van der Waals surface area (Å²) in [5, 5.41) is 3.67. The minimum absolute atomic E-state index is 0.117. The molecule has 0 spiro atoms. The molecule has 1 heterocycles. The van der Waals surface area contributed by atoms with Crippen molar-refractivity contribution in [1.29, 1.82) is 0 Å². The molecule has 5 heteroatoms. The second-order valence-electron chi connectivity index (χ2n) is 6.37. The SMILES string of the molecule is C[C@@H](NC(=O)c1cccc(CN2CCCC2=O)c1)c1ccc(Cl)cc1. The fourth-order valence-corrected chi connectivity index (χ4v) is 3.14. The van der Waals surface area contributed by atoms with Crippen LogP contribution in [0, 0.1) is 0 Å². The van der Waals surface area contributed by atoms with Gasteiger partial charge < -0.3 is 10.2 Å². The highest BCUT2D eigenvalue weighted by molar-refractivity contribution is 6.30. The molecule has 2 aromatic rings. The Kier molecular flexibility index (Phi) is 5.39. The minimum atomic E-state index is -0.128. The van der Waals surface area contributed by atoms with Crippen LogP contribution >= 0.6 is 11.6 Å². The van der Waals surface area contributed by atoms with Gasteiger partial charge in [-0.15, -0.1) is 0 Å². The van der Waals surface area contributed by atoms with Gasteiger partial charge >= 0.3 is 0 Å². The molecule has 0 unspecified atom stereocenters. The van der Waals surface area contributed by atoms with Crippen molar-refractivity contribution in [3.8, 4) is 0 Å². The van der Waals surface area contributed by atoms with E-state index in [0.717, 1.165) is 24.1 Å². The lowest BCUT2D eigenvalue weighted by Gasteiger charge is -2.17. The summed E-state index contributed by atoms with van der Waals surface area (Å²) in [4.78, 5) is 26.1. The molecule has 0 aromatic heterocycles. The summed E-state index contributed by atoms with van der Waals surface area (Å²) in [7, 11) is 0. The van der Waals surface area contributed by atoms with Gasteiger partial charge in [-0.3, -0.25) is 9.59 Å². The van der Waals surface area contributed by atoms with Crippen LogP contribution in [0.1, 0.15) is 47.3 Å². The highest BCUT2D eigenvalue weighted by Gasteiger charge is 2.20. The molecule has 1 N–H and O–H groups in total. The van der Waals surface area contributed by atoms with Crippen LogP contribution in [0.5, 0.6) is 0 Å². The number of carbonyl (C=O) groups excluding carboxylic acids is 2. The monoisotopic (exact) mass is 356 g/mol. The van der Waals surface area contributed by atoms with Crippen molar-refractivity contribution in [3.63, 3.8) is 0 Å². The number of rotatable bonds is 5. The van der Waals surface area contributed by atoms with Gasteiger partial charge in [0, 0.05) is 30.1 Å². The molecule has 1 atom stereocenters. The van der Waals surface area contributed by atoms with E-state index in [2.05, 4.69) is 5.32 Å². The maximum Gasteiger partial charge on any atom is 0.251 e. The zero-order valence-corrected chi connectivity index (χ0v) is 14.9. The number of benzene rings is 2. The maximum atomic E-state index is 12.5. The number of nitrogens with one attached hydrogen (secondary N) is 1. The highest BCUT2D eigenvalue weighted by Crippen LogP contribution is 2.18. The van der Waals surface area contributed by atoms with Crippen LogP contribution in [0.15, 0.2) is 48.5 Å². The standard InChI is InChI=1S/C20H21ClN2O2/c1-14(16-7-9-18(21)10-8-16)22-20(25)17-5-2-4-15(12-17)13-23-11-3-6-19(23)24/h2,4-5,7-10,12,14H,3,6,11,13H2,1H3,(H,22,25)/t14-/m1/s1. The van der Waals surface area contributed by atoms with Crippen molar-refractivity contribution in [2.75, 3.05) is 6.54 Å². The van der Waals surface area contributed by atoms with Crippen LogP contribution in [-0.2, 0) is 11.3 Å². The topological polar surface area (TPSA) is 49.4 Å². The van der Waals surface area contributed by atoms with Gasteiger partial charge in [-0.25, -0.2) is 0 Å². The fourth-order valence-electron chi connectivity index (χ4n) is 3.02. The molecule has 1 fully saturated rings. The molecule has 25 heavy (non-hydrogen) atoms. The van der Waals surface area contributed by atoms with E-state index < -0.39 is 0 Å². The van der Waals surface area contributed by atoms with Crippen LogP contribution in [0.4, 0.5) is 0 Å². The first-order valence-electron chi connectivity index (χ1n) is 8.46. The molecule has 1 aliphatic rings. The van der Waals surface area contributed by atoms with Crippen molar-refractivity contribution < 1.29 is 9.59 Å². The van der Waals surface area contributed by atoms with E-state index >= 15 is 0 Å². The lowest BCUT2D eigenvalue weighted by molar-refractivity contribution is -0.128. The van der Waals surface area contributed by atoms with Crippen LogP contribution in [0.2, 0.25) is 5.02 Å². The second-order valence-corrected chi connectivity index (χ2v) is 6.80. The number of likely N-dealkylation sites (tertiary alicyclic amines) is 1. The van der Waals surface area contributed by atoms with Crippen LogP contribution in [0.25, 0.3) is 0 Å². The van der Waals surface area contributed by atoms with Gasteiger partial charge in [0.2, 0.25) is 5.91 Å². The Hall–Kier alpha value is -2.33. The van der Waals surface area contributed by atoms with Crippen molar-refractivity contribution in [1.82, 2.24) is 10.2 Å². The van der Waals surface area contributed by atoms with Gasteiger partial charge in [-0.05, 0) is 48.7 Å². The quantitative estimate of drug-likeness (QED) is 0.881. The Bertz CT molecular complexity index is 774. The van der Waals surface area contributed by atoms with E-state index in [-0.39, 0.29) is 17.9 Å². The third-order valence-electron chi connectivity index (χ3n) is 4.45. The summed E-state index contributed by atoms with van der Waals surface area (Å²) in [6, 6.07) is 14.8. The van der Waals surface area contributed by atoms with Crippen LogP contribution in [-0.4, -0.2) is 23.3 Å². The van der Waals surface area contributed by atoms with E-state index in [1.807, 2.05) is 54.3 Å². The summed E-state index contributed by atoms with van der Waals surface area (Å²) in [6.07, 6.45) is 1.54. The number of hydrogen-bond acceptors (Lipinski definition) is 2. The van der Waals surface area contributed by atoms with E-state index in [1.54, 1.807) is 6.07 Å². The third-order valence-corrected chi connectivity index (χ3v) is 4.70. The third kappa shape index (κ3) is 4.40. The van der Waals surface area contributed by atoms with Crippen molar-refractivity contribution >= 4 is 23.4 Å². The van der Waals surface area contributed by atoms with Gasteiger partial charge in [0.1, 0.15) is 0 Å². The van der Waals surface area contributed by atoms with Gasteiger partial charge in [0.25, 0.3) is 5.91 Å². The van der Waals surface area contributed by atoms with E-state index in [4.69, 9.17) is 11.6 Å². The van der Waals surface area contributed by atoms with E-state index in [9.17, 15) is 9.59 Å². The first-order chi connectivity index (χ1) is 12.0. The van der Waals surface area contributed by atoms with Crippen LogP contribution < -0.4 is 5.32 Å². The molecule has 4 nitrogen and oxygen atoms in total. The summed E-state index contributed by atoms with van der Waals surface area (Å²) >= 11 is 5.90. The maximum absolute atomic E-state index is 12.5. The Balaban J connectivity index is 1.66. The molecular formula is C20H21ClN2O2. The molecule has 2 aromatic carbocycles. The van der Waals surface area contributed by atoms with Crippen molar-refractivity contribution in [2.45, 2.75) is 32.4 Å². The number of nitrogens with zero attached hydrogens (tertiary/aromatic N) is 1. The largest absolute Gasteiger partial charge is 0.346 e. The van der Waals surface area contributed by atoms with Crippen LogP contribution in [0.3, 0.4) is 0 Å². The fraction of sp³-hybridized carbons (Fsp3) is 0.300. The smallest absolute Gasteiger partial charge is 0.251 e. The number of hydrogen-bond donors (Lipinski definition) is 1. The predicted molar refractivity (Wildman–Crippen MR) is 98.4 cm³/mol. The number of amides is 2.